The number of aliphatic imine (C=N–C) groups is 2. The summed E-state index contributed by atoms with van der Waals surface area (Å²) < 4.78 is 19.7. The van der Waals surface area contributed by atoms with Crippen molar-refractivity contribution in [1.82, 2.24) is 4.90 Å². The van der Waals surface area contributed by atoms with E-state index in [1.807, 2.05) is 57.1 Å². The van der Waals surface area contributed by atoms with Crippen LogP contribution in [0.3, 0.4) is 0 Å². The van der Waals surface area contributed by atoms with Crippen LogP contribution in [0.25, 0.3) is 0 Å². The van der Waals surface area contributed by atoms with E-state index in [1.165, 1.54) is 19.2 Å². The summed E-state index contributed by atoms with van der Waals surface area (Å²) in [7, 11) is 5.32. The molecule has 0 bridgehead atoms. The Labute approximate surface area is 158 Å². The molecule has 1 aliphatic rings. The number of aromatic hydroxyl groups is 1. The van der Waals surface area contributed by atoms with E-state index in [0.717, 1.165) is 16.8 Å². The minimum Gasteiger partial charge on any atom is -0.505 e. The SMILES string of the molecule is COC1=Nc2cc(O)c(F)cc2C(c2ccccc2C)=N/C1=C(\C)N(C)C. The largest absolute Gasteiger partial charge is 0.505 e. The maximum absolute atomic E-state index is 14.2. The molecule has 2 aromatic rings. The number of fused-ring (bicyclic) bond motifs is 1. The number of ether oxygens (including phenoxy) is 1. The normalized spacial score (nSPS) is 15.3. The van der Waals surface area contributed by atoms with Gasteiger partial charge >= 0.3 is 0 Å². The summed E-state index contributed by atoms with van der Waals surface area (Å²) in [6.07, 6.45) is 0. The highest BCUT2D eigenvalue weighted by atomic mass is 19.1. The molecule has 0 radical (unpaired) electrons. The molecule has 1 N–H and O–H groups in total. The van der Waals surface area contributed by atoms with Crippen LogP contribution in [0.1, 0.15) is 23.6 Å². The van der Waals surface area contributed by atoms with E-state index in [9.17, 15) is 9.50 Å². The van der Waals surface area contributed by atoms with Gasteiger partial charge in [0.25, 0.3) is 0 Å². The molecule has 5 nitrogen and oxygen atoms in total. The fourth-order valence-corrected chi connectivity index (χ4v) is 2.85. The van der Waals surface area contributed by atoms with Crippen molar-refractivity contribution in [1.29, 1.82) is 0 Å². The summed E-state index contributed by atoms with van der Waals surface area (Å²) in [4.78, 5) is 11.3. The molecule has 0 fully saturated rings. The lowest BCUT2D eigenvalue weighted by molar-refractivity contribution is 0.399. The highest BCUT2D eigenvalue weighted by Gasteiger charge is 2.24. The molecule has 0 spiro atoms. The fraction of sp³-hybridized carbons (Fsp3) is 0.238. The lowest BCUT2D eigenvalue weighted by atomic mass is 9.96. The van der Waals surface area contributed by atoms with Crippen LogP contribution >= 0.6 is 0 Å². The maximum atomic E-state index is 14.2. The molecule has 6 heteroatoms. The molecule has 1 aliphatic heterocycles. The van der Waals surface area contributed by atoms with Gasteiger partial charge in [-0.15, -0.1) is 0 Å². The average Bonchev–Trinajstić information content (AvgIpc) is 2.79. The number of methoxy groups -OCH3 is 1. The summed E-state index contributed by atoms with van der Waals surface area (Å²) in [6, 6.07) is 10.3. The Kier molecular flexibility index (Phi) is 4.99. The first kappa shape index (κ1) is 18.6. The number of benzene rings is 2. The molecule has 0 atom stereocenters. The third-order valence-electron chi connectivity index (χ3n) is 4.58. The summed E-state index contributed by atoms with van der Waals surface area (Å²) in [5, 5.41) is 9.86. The van der Waals surface area contributed by atoms with E-state index < -0.39 is 11.6 Å². The van der Waals surface area contributed by atoms with Crippen molar-refractivity contribution >= 4 is 17.3 Å². The molecule has 2 aromatic carbocycles. The van der Waals surface area contributed by atoms with E-state index in [0.29, 0.717) is 28.6 Å². The number of allylic oxidation sites excluding steroid dienone is 1. The second-order valence-corrected chi connectivity index (χ2v) is 6.55. The van der Waals surface area contributed by atoms with Gasteiger partial charge in [-0.1, -0.05) is 24.3 Å². The third kappa shape index (κ3) is 3.43. The topological polar surface area (TPSA) is 57.4 Å². The van der Waals surface area contributed by atoms with Gasteiger partial charge < -0.3 is 14.7 Å². The average molecular weight is 367 g/mol. The van der Waals surface area contributed by atoms with Gasteiger partial charge in [0.2, 0.25) is 5.90 Å². The number of halogens is 1. The summed E-state index contributed by atoms with van der Waals surface area (Å²) in [5.41, 5.74) is 4.73. The first-order chi connectivity index (χ1) is 12.8. The summed E-state index contributed by atoms with van der Waals surface area (Å²) >= 11 is 0. The van der Waals surface area contributed by atoms with Crippen molar-refractivity contribution in [2.75, 3.05) is 21.2 Å². The molecule has 140 valence electrons. The lowest BCUT2D eigenvalue weighted by Gasteiger charge is -2.17. The Hall–Kier alpha value is -3.15. The quantitative estimate of drug-likeness (QED) is 0.867. The highest BCUT2D eigenvalue weighted by molar-refractivity contribution is 6.19. The maximum Gasteiger partial charge on any atom is 0.242 e. The molecule has 0 unspecified atom stereocenters. The monoisotopic (exact) mass is 367 g/mol. The third-order valence-corrected chi connectivity index (χ3v) is 4.58. The van der Waals surface area contributed by atoms with Crippen molar-refractivity contribution in [3.63, 3.8) is 0 Å². The van der Waals surface area contributed by atoms with E-state index >= 15 is 0 Å². The predicted octanol–water partition coefficient (Wildman–Crippen LogP) is 4.16. The van der Waals surface area contributed by atoms with Crippen LogP contribution in [0.4, 0.5) is 10.1 Å². The molecule has 0 aromatic heterocycles. The van der Waals surface area contributed by atoms with Crippen molar-refractivity contribution in [2.45, 2.75) is 13.8 Å². The molecular formula is C21H22FN3O2. The van der Waals surface area contributed by atoms with E-state index in [-0.39, 0.29) is 0 Å². The van der Waals surface area contributed by atoms with Crippen molar-refractivity contribution in [2.24, 2.45) is 9.98 Å². The Balaban J connectivity index is 2.42. The zero-order valence-corrected chi connectivity index (χ0v) is 16.0. The minimum atomic E-state index is -0.721. The minimum absolute atomic E-state index is 0.303. The smallest absolute Gasteiger partial charge is 0.242 e. The number of rotatable bonds is 2. The van der Waals surface area contributed by atoms with Gasteiger partial charge in [0.1, 0.15) is 5.70 Å². The van der Waals surface area contributed by atoms with E-state index in [2.05, 4.69) is 4.99 Å². The Bertz CT molecular complexity index is 991. The van der Waals surface area contributed by atoms with Crippen molar-refractivity contribution in [3.8, 4) is 5.75 Å². The lowest BCUT2D eigenvalue weighted by Crippen LogP contribution is -2.16. The number of hydrogen-bond donors (Lipinski definition) is 1. The van der Waals surface area contributed by atoms with Gasteiger partial charge in [-0.25, -0.2) is 14.4 Å². The number of aryl methyl sites for hydroxylation is 1. The number of hydrogen-bond acceptors (Lipinski definition) is 5. The fourth-order valence-electron chi connectivity index (χ4n) is 2.85. The molecule has 0 aliphatic carbocycles. The van der Waals surface area contributed by atoms with Gasteiger partial charge in [0, 0.05) is 37.0 Å². The van der Waals surface area contributed by atoms with E-state index in [4.69, 9.17) is 9.73 Å². The van der Waals surface area contributed by atoms with Gasteiger partial charge in [-0.05, 0) is 25.5 Å². The predicted molar refractivity (Wildman–Crippen MR) is 105 cm³/mol. The molecule has 27 heavy (non-hydrogen) atoms. The number of nitrogens with zero attached hydrogens (tertiary/aromatic N) is 3. The molecular weight excluding hydrogens is 345 g/mol. The van der Waals surface area contributed by atoms with Crippen LogP contribution in [0, 0.1) is 12.7 Å². The summed E-state index contributed by atoms with van der Waals surface area (Å²) in [5.74, 6) is -0.883. The highest BCUT2D eigenvalue weighted by Crippen LogP contribution is 2.34. The van der Waals surface area contributed by atoms with E-state index in [1.54, 1.807) is 0 Å². The number of phenols is 1. The van der Waals surface area contributed by atoms with Gasteiger partial charge in [0.05, 0.1) is 18.5 Å². The molecule has 0 saturated heterocycles. The zero-order valence-electron chi connectivity index (χ0n) is 16.0. The van der Waals surface area contributed by atoms with Crippen LogP contribution in [-0.2, 0) is 4.74 Å². The Morgan fingerprint density at radius 3 is 2.44 bits per heavy atom. The van der Waals surface area contributed by atoms with Crippen molar-refractivity contribution in [3.05, 3.63) is 70.3 Å². The second kappa shape index (κ2) is 7.23. The van der Waals surface area contributed by atoms with Gasteiger partial charge in [-0.2, -0.15) is 0 Å². The molecule has 0 saturated carbocycles. The molecule has 0 amide bonds. The molecule has 1 heterocycles. The zero-order chi connectivity index (χ0) is 19.7. The van der Waals surface area contributed by atoms with Crippen LogP contribution in [0.5, 0.6) is 5.75 Å². The van der Waals surface area contributed by atoms with Gasteiger partial charge in [-0.3, -0.25) is 0 Å². The van der Waals surface area contributed by atoms with Crippen molar-refractivity contribution < 1.29 is 14.2 Å². The first-order valence-corrected chi connectivity index (χ1v) is 8.52. The van der Waals surface area contributed by atoms with Crippen LogP contribution in [0.15, 0.2) is 57.8 Å². The van der Waals surface area contributed by atoms with Crippen LogP contribution < -0.4 is 0 Å². The molecule has 3 rings (SSSR count). The number of phenolic OH excluding ortho intramolecular Hbond substituents is 1. The van der Waals surface area contributed by atoms with Crippen LogP contribution in [0.2, 0.25) is 0 Å². The summed E-state index contributed by atoms with van der Waals surface area (Å²) in [6.45, 7) is 3.89. The Morgan fingerprint density at radius 1 is 1.11 bits per heavy atom. The van der Waals surface area contributed by atoms with Gasteiger partial charge in [0.15, 0.2) is 11.6 Å². The standard InChI is InChI=1S/C21H22FN3O2/c1-12-8-6-7-9-14(12)20-15-10-16(22)18(26)11-17(15)23-21(27-5)19(24-20)13(2)25(3)4/h6-11,26H,1-5H3/b19-13+. The van der Waals surface area contributed by atoms with Crippen LogP contribution in [-0.4, -0.2) is 42.8 Å². The second-order valence-electron chi connectivity index (χ2n) is 6.55. The first-order valence-electron chi connectivity index (χ1n) is 8.52. The Morgan fingerprint density at radius 2 is 1.81 bits per heavy atom.